The van der Waals surface area contributed by atoms with Gasteiger partial charge in [-0.1, -0.05) is 6.07 Å². The Kier molecular flexibility index (Phi) is 2.77. The molecule has 0 bridgehead atoms. The van der Waals surface area contributed by atoms with Gasteiger partial charge < -0.3 is 19.3 Å². The molecule has 0 unspecified atom stereocenters. The summed E-state index contributed by atoms with van der Waals surface area (Å²) in [5, 5.41) is 15.3. The standard InChI is InChI=1S/C20H15NO4/c1-21-9-15-12(5-6-16(22)20(15)23-2)13-4-3-11-7-17-18(25-10-24-17)8-14(11)19(13)21/h3-9H,10H2,1-2H3/p+1. The first-order valence-electron chi connectivity index (χ1n) is 8.02. The van der Waals surface area contributed by atoms with Crippen molar-refractivity contribution in [3.05, 3.63) is 42.6 Å². The Balaban J connectivity index is 1.97. The highest BCUT2D eigenvalue weighted by molar-refractivity contribution is 6.15. The maximum atomic E-state index is 10.1. The van der Waals surface area contributed by atoms with Crippen molar-refractivity contribution in [3.8, 4) is 23.0 Å². The monoisotopic (exact) mass is 334 g/mol. The van der Waals surface area contributed by atoms with Gasteiger partial charge in [-0.15, -0.1) is 0 Å². The van der Waals surface area contributed by atoms with E-state index >= 15 is 0 Å². The number of phenols is 1. The highest BCUT2D eigenvalue weighted by Crippen LogP contribution is 2.41. The first-order chi connectivity index (χ1) is 12.2. The molecule has 5 rings (SSSR count). The first-order valence-corrected chi connectivity index (χ1v) is 8.02. The van der Waals surface area contributed by atoms with Gasteiger partial charge in [-0.2, -0.15) is 4.57 Å². The number of aryl methyl sites for hydroxylation is 1. The quantitative estimate of drug-likeness (QED) is 0.428. The van der Waals surface area contributed by atoms with Crippen LogP contribution in [0.15, 0.2) is 42.6 Å². The highest BCUT2D eigenvalue weighted by atomic mass is 16.7. The lowest BCUT2D eigenvalue weighted by Gasteiger charge is -2.10. The SMILES string of the molecule is COc1c(O)ccc2c1c[n+](C)c1c3cc4c(cc3ccc21)OCO4. The van der Waals surface area contributed by atoms with Crippen molar-refractivity contribution in [3.63, 3.8) is 0 Å². The number of pyridine rings is 1. The van der Waals surface area contributed by atoms with Crippen LogP contribution in [0.25, 0.3) is 32.4 Å². The molecule has 0 amide bonds. The van der Waals surface area contributed by atoms with E-state index < -0.39 is 0 Å². The van der Waals surface area contributed by atoms with Gasteiger partial charge in [-0.25, -0.2) is 0 Å². The summed E-state index contributed by atoms with van der Waals surface area (Å²) in [6.45, 7) is 0.259. The van der Waals surface area contributed by atoms with Crippen molar-refractivity contribution in [2.75, 3.05) is 13.9 Å². The van der Waals surface area contributed by atoms with Crippen LogP contribution in [-0.2, 0) is 7.05 Å². The number of hydrogen-bond acceptors (Lipinski definition) is 4. The molecule has 124 valence electrons. The van der Waals surface area contributed by atoms with Gasteiger partial charge in [0.05, 0.1) is 23.3 Å². The number of methoxy groups -OCH3 is 1. The molecule has 2 heterocycles. The third-order valence-electron chi connectivity index (χ3n) is 4.83. The predicted molar refractivity (Wildman–Crippen MR) is 94.5 cm³/mol. The second kappa shape index (κ2) is 4.89. The minimum atomic E-state index is 0.138. The van der Waals surface area contributed by atoms with E-state index in [1.54, 1.807) is 13.2 Å². The summed E-state index contributed by atoms with van der Waals surface area (Å²) in [4.78, 5) is 0. The minimum Gasteiger partial charge on any atom is -0.504 e. The van der Waals surface area contributed by atoms with Crippen molar-refractivity contribution >= 4 is 32.4 Å². The van der Waals surface area contributed by atoms with Crippen molar-refractivity contribution in [1.29, 1.82) is 0 Å². The van der Waals surface area contributed by atoms with Gasteiger partial charge in [0, 0.05) is 5.39 Å². The molecule has 0 saturated carbocycles. The average Bonchev–Trinajstić information content (AvgIpc) is 3.06. The number of phenolic OH excluding ortho intramolecular Hbond substituents is 1. The van der Waals surface area contributed by atoms with Crippen LogP contribution in [-0.4, -0.2) is 19.0 Å². The van der Waals surface area contributed by atoms with E-state index in [4.69, 9.17) is 14.2 Å². The van der Waals surface area contributed by atoms with Crippen molar-refractivity contribution < 1.29 is 23.9 Å². The van der Waals surface area contributed by atoms with Crippen LogP contribution in [0, 0.1) is 0 Å². The Morgan fingerprint density at radius 3 is 2.52 bits per heavy atom. The Morgan fingerprint density at radius 1 is 0.960 bits per heavy atom. The summed E-state index contributed by atoms with van der Waals surface area (Å²) in [5.41, 5.74) is 1.09. The Hall–Kier alpha value is -3.21. The van der Waals surface area contributed by atoms with Crippen LogP contribution < -0.4 is 18.8 Å². The molecule has 1 N–H and O–H groups in total. The molecule has 1 aromatic heterocycles. The van der Waals surface area contributed by atoms with Crippen molar-refractivity contribution in [2.45, 2.75) is 0 Å². The van der Waals surface area contributed by atoms with Crippen LogP contribution >= 0.6 is 0 Å². The maximum Gasteiger partial charge on any atom is 0.231 e. The first kappa shape index (κ1) is 14.2. The lowest BCUT2D eigenvalue weighted by atomic mass is 10.00. The molecule has 25 heavy (non-hydrogen) atoms. The summed E-state index contributed by atoms with van der Waals surface area (Å²) in [5.74, 6) is 2.17. The molecule has 5 heteroatoms. The number of nitrogens with zero attached hydrogens (tertiary/aromatic N) is 1. The zero-order chi connectivity index (χ0) is 17.1. The van der Waals surface area contributed by atoms with Gasteiger partial charge in [0.25, 0.3) is 0 Å². The smallest absolute Gasteiger partial charge is 0.231 e. The van der Waals surface area contributed by atoms with E-state index in [2.05, 4.69) is 16.7 Å². The molecule has 0 aliphatic carbocycles. The second-order valence-corrected chi connectivity index (χ2v) is 6.21. The Morgan fingerprint density at radius 2 is 1.72 bits per heavy atom. The maximum absolute atomic E-state index is 10.1. The topological polar surface area (TPSA) is 51.8 Å². The molecule has 3 aromatic carbocycles. The zero-order valence-electron chi connectivity index (χ0n) is 13.9. The summed E-state index contributed by atoms with van der Waals surface area (Å²) < 4.78 is 18.5. The molecule has 0 atom stereocenters. The van der Waals surface area contributed by atoms with Crippen LogP contribution in [0.4, 0.5) is 0 Å². The van der Waals surface area contributed by atoms with E-state index in [0.29, 0.717) is 5.75 Å². The van der Waals surface area contributed by atoms with E-state index in [9.17, 15) is 5.11 Å². The van der Waals surface area contributed by atoms with Gasteiger partial charge in [0.1, 0.15) is 7.05 Å². The molecule has 0 spiro atoms. The number of rotatable bonds is 1. The molecular weight excluding hydrogens is 318 g/mol. The number of ether oxygens (including phenoxy) is 3. The normalized spacial score (nSPS) is 13.0. The van der Waals surface area contributed by atoms with Gasteiger partial charge in [0.15, 0.2) is 29.2 Å². The number of benzene rings is 3. The van der Waals surface area contributed by atoms with E-state index in [1.165, 1.54) is 0 Å². The summed E-state index contributed by atoms with van der Waals surface area (Å²) in [6.07, 6.45) is 1.99. The van der Waals surface area contributed by atoms with Crippen LogP contribution in [0.5, 0.6) is 23.0 Å². The molecule has 1 aliphatic rings. The Bertz CT molecular complexity index is 1180. The van der Waals surface area contributed by atoms with Crippen molar-refractivity contribution in [1.82, 2.24) is 0 Å². The Labute approximate surface area is 143 Å². The van der Waals surface area contributed by atoms with Gasteiger partial charge in [-0.3, -0.25) is 0 Å². The molecule has 0 radical (unpaired) electrons. The fraction of sp³-hybridized carbons (Fsp3) is 0.150. The molecular formula is C20H16NO4+. The third kappa shape index (κ3) is 1.86. The lowest BCUT2D eigenvalue weighted by molar-refractivity contribution is -0.642. The van der Waals surface area contributed by atoms with E-state index in [1.807, 2.05) is 31.4 Å². The summed E-state index contributed by atoms with van der Waals surface area (Å²) >= 11 is 0. The molecule has 0 fully saturated rings. The fourth-order valence-electron chi connectivity index (χ4n) is 3.72. The lowest BCUT2D eigenvalue weighted by Crippen LogP contribution is -2.28. The van der Waals surface area contributed by atoms with Gasteiger partial charge >= 0.3 is 0 Å². The molecule has 0 saturated heterocycles. The number of fused-ring (bicyclic) bond motifs is 6. The van der Waals surface area contributed by atoms with Crippen molar-refractivity contribution in [2.24, 2.45) is 7.05 Å². The number of aromatic nitrogens is 1. The highest BCUT2D eigenvalue weighted by Gasteiger charge is 2.21. The van der Waals surface area contributed by atoms with Crippen LogP contribution in [0.2, 0.25) is 0 Å². The van der Waals surface area contributed by atoms with Crippen LogP contribution in [0.1, 0.15) is 0 Å². The van der Waals surface area contributed by atoms with Gasteiger partial charge in [-0.05, 0) is 35.7 Å². The zero-order valence-corrected chi connectivity index (χ0v) is 13.9. The van der Waals surface area contributed by atoms with Gasteiger partial charge in [0.2, 0.25) is 12.3 Å². The molecule has 5 nitrogen and oxygen atoms in total. The van der Waals surface area contributed by atoms with Crippen LogP contribution in [0.3, 0.4) is 0 Å². The fourth-order valence-corrected chi connectivity index (χ4v) is 3.72. The molecule has 1 aliphatic heterocycles. The molecule has 4 aromatic rings. The van der Waals surface area contributed by atoms with E-state index in [-0.39, 0.29) is 12.5 Å². The third-order valence-corrected chi connectivity index (χ3v) is 4.83. The number of aromatic hydroxyl groups is 1. The minimum absolute atomic E-state index is 0.138. The largest absolute Gasteiger partial charge is 0.504 e. The second-order valence-electron chi connectivity index (χ2n) is 6.21. The summed E-state index contributed by atoms with van der Waals surface area (Å²) in [7, 11) is 3.56. The average molecular weight is 334 g/mol. The summed E-state index contributed by atoms with van der Waals surface area (Å²) in [6, 6.07) is 11.8. The number of hydrogen-bond donors (Lipinski definition) is 1. The van der Waals surface area contributed by atoms with E-state index in [0.717, 1.165) is 43.9 Å². The predicted octanol–water partition coefficient (Wildman–Crippen LogP) is 3.41.